The smallest absolute Gasteiger partial charge is 0.338 e. The summed E-state index contributed by atoms with van der Waals surface area (Å²) >= 11 is 1.57. The largest absolute Gasteiger partial charge is 0.497 e. The van der Waals surface area contributed by atoms with Gasteiger partial charge < -0.3 is 19.2 Å². The number of carbonyl (C=O) groups is 2. The van der Waals surface area contributed by atoms with Crippen LogP contribution in [0.1, 0.15) is 35.7 Å². The van der Waals surface area contributed by atoms with Crippen LogP contribution in [-0.2, 0) is 9.53 Å². The van der Waals surface area contributed by atoms with Crippen LogP contribution in [0.2, 0.25) is 0 Å². The van der Waals surface area contributed by atoms with E-state index in [9.17, 15) is 9.59 Å². The quantitative estimate of drug-likeness (QED) is 0.610. The van der Waals surface area contributed by atoms with Crippen molar-refractivity contribution in [2.24, 2.45) is 0 Å². The van der Waals surface area contributed by atoms with Crippen molar-refractivity contribution in [1.82, 2.24) is 10.2 Å². The number of hydrogen-bond donors (Lipinski definition) is 1. The summed E-state index contributed by atoms with van der Waals surface area (Å²) in [5.74, 6) is 1.31. The van der Waals surface area contributed by atoms with Gasteiger partial charge in [-0.2, -0.15) is 0 Å². The van der Waals surface area contributed by atoms with Gasteiger partial charge in [0.1, 0.15) is 5.75 Å². The molecule has 2 heterocycles. The highest BCUT2D eigenvalue weighted by atomic mass is 32.2. The van der Waals surface area contributed by atoms with Crippen LogP contribution >= 0.6 is 11.8 Å². The lowest BCUT2D eigenvalue weighted by molar-refractivity contribution is -0.115. The van der Waals surface area contributed by atoms with Gasteiger partial charge in [0.25, 0.3) is 5.89 Å². The molecule has 1 N–H and O–H groups in total. The molecular weight excluding hydrogens is 406 g/mol. The fourth-order valence-corrected chi connectivity index (χ4v) is 3.81. The minimum Gasteiger partial charge on any atom is -0.497 e. The van der Waals surface area contributed by atoms with E-state index in [2.05, 4.69) is 15.5 Å². The Morgan fingerprint density at radius 3 is 2.77 bits per heavy atom. The number of esters is 1. The highest BCUT2D eigenvalue weighted by molar-refractivity contribution is 7.99. The molecule has 8 nitrogen and oxygen atoms in total. The molecule has 0 saturated heterocycles. The van der Waals surface area contributed by atoms with Gasteiger partial charge in [-0.15, -0.1) is 22.0 Å². The Labute approximate surface area is 177 Å². The number of ether oxygens (including phenoxy) is 2. The van der Waals surface area contributed by atoms with Crippen molar-refractivity contribution in [2.45, 2.75) is 24.3 Å². The van der Waals surface area contributed by atoms with Crippen molar-refractivity contribution in [3.05, 3.63) is 53.9 Å². The topological polar surface area (TPSA) is 104 Å². The molecule has 154 valence electrons. The molecule has 9 heteroatoms. The number of nitrogens with one attached hydrogen (secondary N) is 1. The second-order valence-corrected chi connectivity index (χ2v) is 7.72. The molecule has 0 bridgehead atoms. The van der Waals surface area contributed by atoms with E-state index in [0.29, 0.717) is 29.3 Å². The van der Waals surface area contributed by atoms with Crippen LogP contribution in [0, 0.1) is 0 Å². The Balaban J connectivity index is 1.46. The maximum Gasteiger partial charge on any atom is 0.338 e. The summed E-state index contributed by atoms with van der Waals surface area (Å²) in [6.07, 6.45) is -0.302. The maximum absolute atomic E-state index is 12.6. The molecule has 0 spiro atoms. The minimum atomic E-state index is -0.736. The average Bonchev–Trinajstić information content (AvgIpc) is 3.17. The summed E-state index contributed by atoms with van der Waals surface area (Å²) in [6, 6.07) is 12.3. The number of fused-ring (bicyclic) bond motifs is 1. The molecule has 1 unspecified atom stereocenters. The van der Waals surface area contributed by atoms with Crippen LogP contribution in [0.3, 0.4) is 0 Å². The van der Waals surface area contributed by atoms with E-state index in [1.54, 1.807) is 68.3 Å². The van der Waals surface area contributed by atoms with Crippen LogP contribution in [0.15, 0.2) is 51.8 Å². The van der Waals surface area contributed by atoms with E-state index in [1.165, 1.54) is 0 Å². The molecule has 0 fully saturated rings. The Hall–Kier alpha value is -3.33. The number of benzene rings is 2. The summed E-state index contributed by atoms with van der Waals surface area (Å²) in [7, 11) is 1.59. The number of carbonyl (C=O) groups excluding carboxylic acids is 2. The van der Waals surface area contributed by atoms with Gasteiger partial charge in [-0.05, 0) is 49.4 Å². The number of methoxy groups -OCH3 is 1. The molecule has 1 aliphatic heterocycles. The normalized spacial score (nSPS) is 14.3. The van der Waals surface area contributed by atoms with E-state index in [1.807, 2.05) is 0 Å². The van der Waals surface area contributed by atoms with Crippen LogP contribution in [0.4, 0.5) is 5.69 Å². The van der Waals surface area contributed by atoms with Gasteiger partial charge in [0.2, 0.25) is 11.8 Å². The molecule has 1 atom stereocenters. The standard InChI is InChI=1S/C21H19N3O5S/c1-12(19-23-24-20(29-19)13-3-6-15(27-2)7-4-13)28-21(26)14-5-8-17-16(11-14)22-18(25)9-10-30-17/h3-8,11-12H,9-10H2,1-2H3,(H,22,25). The van der Waals surface area contributed by atoms with E-state index in [4.69, 9.17) is 13.9 Å². The Morgan fingerprint density at radius 1 is 1.20 bits per heavy atom. The average molecular weight is 425 g/mol. The highest BCUT2D eigenvalue weighted by Gasteiger charge is 2.22. The third kappa shape index (κ3) is 4.30. The molecule has 0 aliphatic carbocycles. The van der Waals surface area contributed by atoms with Gasteiger partial charge in [-0.25, -0.2) is 4.79 Å². The zero-order valence-electron chi connectivity index (χ0n) is 16.4. The Morgan fingerprint density at radius 2 is 2.00 bits per heavy atom. The number of aromatic nitrogens is 2. The van der Waals surface area contributed by atoms with Crippen molar-refractivity contribution in [1.29, 1.82) is 0 Å². The highest BCUT2D eigenvalue weighted by Crippen LogP contribution is 2.32. The fourth-order valence-electron chi connectivity index (χ4n) is 2.88. The van der Waals surface area contributed by atoms with Gasteiger partial charge in [-0.3, -0.25) is 4.79 Å². The number of amides is 1. The van der Waals surface area contributed by atoms with Gasteiger partial charge in [-0.1, -0.05) is 0 Å². The predicted molar refractivity (Wildman–Crippen MR) is 111 cm³/mol. The van der Waals surface area contributed by atoms with Gasteiger partial charge in [0.05, 0.1) is 18.4 Å². The summed E-state index contributed by atoms with van der Waals surface area (Å²) in [4.78, 5) is 25.3. The lowest BCUT2D eigenvalue weighted by Crippen LogP contribution is -2.12. The number of hydrogen-bond acceptors (Lipinski definition) is 8. The van der Waals surface area contributed by atoms with Crippen LogP contribution in [0.25, 0.3) is 11.5 Å². The second-order valence-electron chi connectivity index (χ2n) is 6.58. The first-order valence-electron chi connectivity index (χ1n) is 9.29. The molecule has 2 aromatic carbocycles. The van der Waals surface area contributed by atoms with Crippen molar-refractivity contribution >= 4 is 29.3 Å². The molecule has 3 aromatic rings. The number of thioether (sulfide) groups is 1. The van der Waals surface area contributed by atoms with Crippen molar-refractivity contribution in [2.75, 3.05) is 18.2 Å². The zero-order valence-corrected chi connectivity index (χ0v) is 17.2. The lowest BCUT2D eigenvalue weighted by Gasteiger charge is -2.11. The first-order valence-corrected chi connectivity index (χ1v) is 10.3. The first kappa shape index (κ1) is 20.0. The SMILES string of the molecule is COc1ccc(-c2nnc(C(C)OC(=O)c3ccc4c(c3)NC(=O)CCS4)o2)cc1. The van der Waals surface area contributed by atoms with E-state index in [-0.39, 0.29) is 11.8 Å². The summed E-state index contributed by atoms with van der Waals surface area (Å²) in [6.45, 7) is 1.66. The van der Waals surface area contributed by atoms with Crippen molar-refractivity contribution in [3.8, 4) is 17.2 Å². The number of rotatable bonds is 5. The second kappa shape index (κ2) is 8.58. The fraction of sp³-hybridized carbons (Fsp3) is 0.238. The molecule has 1 aliphatic rings. The van der Waals surface area contributed by atoms with Crippen LogP contribution in [-0.4, -0.2) is 34.9 Å². The maximum atomic E-state index is 12.6. The molecule has 1 amide bonds. The van der Waals surface area contributed by atoms with Crippen molar-refractivity contribution in [3.63, 3.8) is 0 Å². The number of nitrogens with zero attached hydrogens (tertiary/aromatic N) is 2. The summed E-state index contributed by atoms with van der Waals surface area (Å²) < 4.78 is 16.3. The summed E-state index contributed by atoms with van der Waals surface area (Å²) in [5, 5.41) is 10.8. The van der Waals surface area contributed by atoms with Gasteiger partial charge in [0.15, 0.2) is 6.10 Å². The molecule has 0 radical (unpaired) electrons. The molecule has 4 rings (SSSR count). The van der Waals surface area contributed by atoms with Crippen LogP contribution < -0.4 is 10.1 Å². The van der Waals surface area contributed by atoms with E-state index >= 15 is 0 Å². The third-order valence-electron chi connectivity index (χ3n) is 4.49. The van der Waals surface area contributed by atoms with Crippen LogP contribution in [0.5, 0.6) is 5.75 Å². The van der Waals surface area contributed by atoms with Gasteiger partial charge in [0, 0.05) is 22.6 Å². The zero-order chi connectivity index (χ0) is 21.1. The van der Waals surface area contributed by atoms with Crippen molar-refractivity contribution < 1.29 is 23.5 Å². The van der Waals surface area contributed by atoms with E-state index in [0.717, 1.165) is 16.2 Å². The predicted octanol–water partition coefficient (Wildman–Crippen LogP) is 4.10. The number of anilines is 1. The molecule has 1 aromatic heterocycles. The monoisotopic (exact) mass is 425 g/mol. The Kier molecular flexibility index (Phi) is 5.71. The molecule has 30 heavy (non-hydrogen) atoms. The molecule has 0 saturated carbocycles. The molecular formula is C21H19N3O5S. The summed E-state index contributed by atoms with van der Waals surface area (Å²) in [5.41, 5.74) is 1.68. The Bertz CT molecular complexity index is 1080. The lowest BCUT2D eigenvalue weighted by atomic mass is 10.2. The first-order chi connectivity index (χ1) is 14.5. The third-order valence-corrected chi connectivity index (χ3v) is 5.56. The van der Waals surface area contributed by atoms with E-state index < -0.39 is 12.1 Å². The van der Waals surface area contributed by atoms with Gasteiger partial charge >= 0.3 is 5.97 Å². The minimum absolute atomic E-state index is 0.0722.